The average molecular weight is 415 g/mol. The molecule has 2 aliphatic rings. The van der Waals surface area contributed by atoms with Gasteiger partial charge >= 0.3 is 0 Å². The van der Waals surface area contributed by atoms with Gasteiger partial charge in [-0.3, -0.25) is 4.79 Å². The molecule has 0 spiro atoms. The van der Waals surface area contributed by atoms with Crippen molar-refractivity contribution in [3.63, 3.8) is 0 Å². The highest BCUT2D eigenvalue weighted by atomic mass is 32.2. The number of fused-ring (bicyclic) bond motifs is 1. The zero-order valence-corrected chi connectivity index (χ0v) is 17.2. The van der Waals surface area contributed by atoms with E-state index in [4.69, 9.17) is 4.74 Å². The summed E-state index contributed by atoms with van der Waals surface area (Å²) in [7, 11) is -3.51. The highest BCUT2D eigenvalue weighted by Gasteiger charge is 2.26. The largest absolute Gasteiger partial charge is 0.493 e. The maximum Gasteiger partial charge on any atom is 0.251 e. The zero-order valence-electron chi connectivity index (χ0n) is 16.3. The van der Waals surface area contributed by atoms with Crippen molar-refractivity contribution in [3.8, 4) is 5.75 Å². The summed E-state index contributed by atoms with van der Waals surface area (Å²) in [5.41, 5.74) is 1.41. The standard InChI is InChI=1S/C22H26N2O4S/c25-22(23-20-13-16-28-21-8-4-3-7-19(20)21)17-9-11-18(12-10-17)29(26,27)24-14-5-1-2-6-15-24/h3-4,7-12,20H,1-2,5-6,13-16H2,(H,23,25)/t20-/m0/s1. The topological polar surface area (TPSA) is 75.7 Å². The van der Waals surface area contributed by atoms with Crippen molar-refractivity contribution in [3.05, 3.63) is 59.7 Å². The predicted octanol–water partition coefficient (Wildman–Crippen LogP) is 3.50. The molecule has 2 aromatic rings. The molecule has 2 aromatic carbocycles. The van der Waals surface area contributed by atoms with Crippen LogP contribution in [0.5, 0.6) is 5.75 Å². The van der Waals surface area contributed by atoms with E-state index in [1.807, 2.05) is 24.3 Å². The number of para-hydroxylation sites is 1. The van der Waals surface area contributed by atoms with Gasteiger partial charge in [0.2, 0.25) is 10.0 Å². The number of carbonyl (C=O) groups is 1. The molecule has 6 nitrogen and oxygen atoms in total. The first-order chi connectivity index (χ1) is 14.1. The van der Waals surface area contributed by atoms with Gasteiger partial charge in [-0.2, -0.15) is 4.31 Å². The zero-order chi connectivity index (χ0) is 20.3. The van der Waals surface area contributed by atoms with E-state index in [2.05, 4.69) is 5.32 Å². The van der Waals surface area contributed by atoms with Gasteiger partial charge < -0.3 is 10.1 Å². The molecule has 0 saturated carbocycles. The van der Waals surface area contributed by atoms with Crippen LogP contribution in [0.15, 0.2) is 53.4 Å². The molecule has 29 heavy (non-hydrogen) atoms. The normalized spacial score (nSPS) is 20.2. The molecule has 0 aromatic heterocycles. The van der Waals surface area contributed by atoms with Crippen LogP contribution in [-0.4, -0.2) is 38.3 Å². The van der Waals surface area contributed by atoms with E-state index in [1.165, 1.54) is 12.1 Å². The maximum absolute atomic E-state index is 12.9. The van der Waals surface area contributed by atoms with Gasteiger partial charge in [-0.15, -0.1) is 0 Å². The van der Waals surface area contributed by atoms with Crippen LogP contribution in [0.25, 0.3) is 0 Å². The molecule has 1 amide bonds. The number of ether oxygens (including phenoxy) is 1. The lowest BCUT2D eigenvalue weighted by atomic mass is 10.00. The molecule has 1 saturated heterocycles. The van der Waals surface area contributed by atoms with Crippen LogP contribution in [0.3, 0.4) is 0 Å². The summed E-state index contributed by atoms with van der Waals surface area (Å²) in [6, 6.07) is 13.8. The van der Waals surface area contributed by atoms with Crippen molar-refractivity contribution < 1.29 is 17.9 Å². The molecule has 7 heteroatoms. The van der Waals surface area contributed by atoms with E-state index in [0.29, 0.717) is 31.7 Å². The van der Waals surface area contributed by atoms with E-state index < -0.39 is 10.0 Å². The quantitative estimate of drug-likeness (QED) is 0.831. The fraction of sp³-hybridized carbons (Fsp3) is 0.409. The molecule has 0 unspecified atom stereocenters. The minimum atomic E-state index is -3.51. The number of hydrogen-bond donors (Lipinski definition) is 1. The Kier molecular flexibility index (Phi) is 5.87. The fourth-order valence-electron chi connectivity index (χ4n) is 3.94. The van der Waals surface area contributed by atoms with Crippen LogP contribution >= 0.6 is 0 Å². The Balaban J connectivity index is 1.47. The highest BCUT2D eigenvalue weighted by molar-refractivity contribution is 7.89. The smallest absolute Gasteiger partial charge is 0.251 e. The fourth-order valence-corrected chi connectivity index (χ4v) is 5.46. The van der Waals surface area contributed by atoms with Crippen LogP contribution in [0, 0.1) is 0 Å². The van der Waals surface area contributed by atoms with Gasteiger partial charge in [0.15, 0.2) is 0 Å². The number of benzene rings is 2. The number of nitrogens with one attached hydrogen (secondary N) is 1. The average Bonchev–Trinajstić information content (AvgIpc) is 3.04. The lowest BCUT2D eigenvalue weighted by molar-refractivity contribution is 0.0924. The van der Waals surface area contributed by atoms with Crippen LogP contribution in [0.2, 0.25) is 0 Å². The molecule has 0 bridgehead atoms. The minimum Gasteiger partial charge on any atom is -0.493 e. The molecule has 0 aliphatic carbocycles. The van der Waals surface area contributed by atoms with Crippen LogP contribution < -0.4 is 10.1 Å². The van der Waals surface area contributed by atoms with Gasteiger partial charge in [-0.05, 0) is 43.2 Å². The Labute approximate surface area is 171 Å². The third-order valence-corrected chi connectivity index (χ3v) is 7.50. The van der Waals surface area contributed by atoms with E-state index in [1.54, 1.807) is 16.4 Å². The Morgan fingerprint density at radius 2 is 1.66 bits per heavy atom. The van der Waals surface area contributed by atoms with Gasteiger partial charge in [-0.25, -0.2) is 8.42 Å². The van der Waals surface area contributed by atoms with Gasteiger partial charge in [0.25, 0.3) is 5.91 Å². The number of carbonyl (C=O) groups excluding carboxylic acids is 1. The number of hydrogen-bond acceptors (Lipinski definition) is 4. The second-order valence-corrected chi connectivity index (χ2v) is 9.48. The van der Waals surface area contributed by atoms with E-state index >= 15 is 0 Å². The summed E-state index contributed by atoms with van der Waals surface area (Å²) >= 11 is 0. The summed E-state index contributed by atoms with van der Waals surface area (Å²) in [6.07, 6.45) is 4.63. The van der Waals surface area contributed by atoms with Gasteiger partial charge in [-0.1, -0.05) is 31.0 Å². The molecule has 0 radical (unpaired) electrons. The van der Waals surface area contributed by atoms with Crippen LogP contribution in [0.4, 0.5) is 0 Å². The van der Waals surface area contributed by atoms with Crippen molar-refractivity contribution in [1.82, 2.24) is 9.62 Å². The number of rotatable bonds is 4. The lowest BCUT2D eigenvalue weighted by Crippen LogP contribution is -2.33. The highest BCUT2D eigenvalue weighted by Crippen LogP contribution is 2.31. The first kappa shape index (κ1) is 19.9. The summed E-state index contributed by atoms with van der Waals surface area (Å²) in [5, 5.41) is 3.04. The first-order valence-electron chi connectivity index (χ1n) is 10.2. The van der Waals surface area contributed by atoms with Gasteiger partial charge in [0, 0.05) is 30.6 Å². The predicted molar refractivity (Wildman–Crippen MR) is 110 cm³/mol. The Morgan fingerprint density at radius 3 is 2.38 bits per heavy atom. The summed E-state index contributed by atoms with van der Waals surface area (Å²) in [6.45, 7) is 1.68. The maximum atomic E-state index is 12.9. The summed E-state index contributed by atoms with van der Waals surface area (Å²) in [4.78, 5) is 13.0. The molecular formula is C22H26N2O4S. The van der Waals surface area contributed by atoms with Crippen LogP contribution in [0.1, 0.15) is 54.1 Å². The molecule has 1 N–H and O–H groups in total. The molecule has 2 heterocycles. The molecule has 1 fully saturated rings. The van der Waals surface area contributed by atoms with Crippen molar-refractivity contribution in [1.29, 1.82) is 0 Å². The first-order valence-corrected chi connectivity index (χ1v) is 11.6. The molecule has 4 rings (SSSR count). The third kappa shape index (κ3) is 4.31. The molecular weight excluding hydrogens is 388 g/mol. The second-order valence-electron chi connectivity index (χ2n) is 7.54. The molecule has 154 valence electrons. The van der Waals surface area contributed by atoms with E-state index in [-0.39, 0.29) is 16.8 Å². The van der Waals surface area contributed by atoms with E-state index in [0.717, 1.165) is 37.0 Å². The van der Waals surface area contributed by atoms with Crippen molar-refractivity contribution >= 4 is 15.9 Å². The molecule has 2 aliphatic heterocycles. The van der Waals surface area contributed by atoms with Crippen molar-refractivity contribution in [2.24, 2.45) is 0 Å². The lowest BCUT2D eigenvalue weighted by Gasteiger charge is -2.26. The summed E-state index contributed by atoms with van der Waals surface area (Å²) in [5.74, 6) is 0.577. The number of nitrogens with zero attached hydrogens (tertiary/aromatic N) is 1. The van der Waals surface area contributed by atoms with Crippen molar-refractivity contribution in [2.45, 2.75) is 43.0 Å². The van der Waals surface area contributed by atoms with E-state index in [9.17, 15) is 13.2 Å². The summed E-state index contributed by atoms with van der Waals surface area (Å²) < 4.78 is 33.0. The van der Waals surface area contributed by atoms with Gasteiger partial charge in [0.05, 0.1) is 17.5 Å². The Hall–Kier alpha value is -2.38. The second kappa shape index (κ2) is 8.55. The third-order valence-electron chi connectivity index (χ3n) is 5.58. The monoisotopic (exact) mass is 414 g/mol. The molecule has 1 atom stereocenters. The Bertz CT molecular complexity index is 965. The number of amides is 1. The van der Waals surface area contributed by atoms with Gasteiger partial charge in [0.1, 0.15) is 5.75 Å². The SMILES string of the molecule is O=C(N[C@H]1CCOc2ccccc21)c1ccc(S(=O)(=O)N2CCCCCC2)cc1. The van der Waals surface area contributed by atoms with Crippen molar-refractivity contribution in [2.75, 3.05) is 19.7 Å². The minimum absolute atomic E-state index is 0.118. The van der Waals surface area contributed by atoms with Crippen LogP contribution in [-0.2, 0) is 10.0 Å². The number of sulfonamides is 1. The Morgan fingerprint density at radius 1 is 0.966 bits per heavy atom.